The van der Waals surface area contributed by atoms with Crippen molar-refractivity contribution in [3.63, 3.8) is 0 Å². The molecule has 0 atom stereocenters. The predicted octanol–water partition coefficient (Wildman–Crippen LogP) is 3.51. The fourth-order valence-corrected chi connectivity index (χ4v) is 3.12. The Hall–Kier alpha value is -1.76. The average molecular weight is 358 g/mol. The van der Waals surface area contributed by atoms with Crippen molar-refractivity contribution in [2.45, 2.75) is 51.4 Å². The zero-order valence-electron chi connectivity index (χ0n) is 14.4. The van der Waals surface area contributed by atoms with Gasteiger partial charge in [0, 0.05) is 19.0 Å². The highest BCUT2D eigenvalue weighted by molar-refractivity contribution is 5.76. The molecule has 0 bridgehead atoms. The van der Waals surface area contributed by atoms with E-state index in [4.69, 9.17) is 0 Å². The number of benzene rings is 1. The van der Waals surface area contributed by atoms with Crippen molar-refractivity contribution in [3.8, 4) is 5.75 Å². The first kappa shape index (κ1) is 19.6. The minimum Gasteiger partial charge on any atom is -0.406 e. The second-order valence-electron chi connectivity index (χ2n) is 6.26. The average Bonchev–Trinajstić information content (AvgIpc) is 2.58. The maximum atomic E-state index is 12.6. The van der Waals surface area contributed by atoms with Gasteiger partial charge in [-0.2, -0.15) is 0 Å². The molecule has 25 heavy (non-hydrogen) atoms. The maximum Gasteiger partial charge on any atom is 0.573 e. The van der Waals surface area contributed by atoms with Crippen LogP contribution in [0.2, 0.25) is 0 Å². The van der Waals surface area contributed by atoms with Crippen molar-refractivity contribution >= 4 is 5.91 Å². The van der Waals surface area contributed by atoms with Crippen LogP contribution in [0.15, 0.2) is 24.3 Å². The molecule has 0 aliphatic carbocycles. The number of ether oxygens (including phenoxy) is 1. The Labute approximate surface area is 146 Å². The summed E-state index contributed by atoms with van der Waals surface area (Å²) in [5.74, 6) is -0.130. The van der Waals surface area contributed by atoms with Gasteiger partial charge in [0.15, 0.2) is 0 Å². The smallest absolute Gasteiger partial charge is 0.406 e. The first-order chi connectivity index (χ1) is 11.9. The van der Waals surface area contributed by atoms with E-state index in [1.165, 1.54) is 12.1 Å². The van der Waals surface area contributed by atoms with Gasteiger partial charge in [-0.1, -0.05) is 19.1 Å². The Kier molecular flexibility index (Phi) is 7.11. The zero-order valence-corrected chi connectivity index (χ0v) is 14.4. The molecule has 0 radical (unpaired) electrons. The molecule has 140 valence electrons. The van der Waals surface area contributed by atoms with Gasteiger partial charge in [-0.15, -0.1) is 13.2 Å². The van der Waals surface area contributed by atoms with Gasteiger partial charge in [0.25, 0.3) is 0 Å². The van der Waals surface area contributed by atoms with Gasteiger partial charge in [0.1, 0.15) is 5.75 Å². The van der Waals surface area contributed by atoms with E-state index in [-0.39, 0.29) is 17.7 Å². The lowest BCUT2D eigenvalue weighted by Gasteiger charge is -2.34. The number of nitrogens with one attached hydrogen (secondary N) is 1. The fourth-order valence-electron chi connectivity index (χ4n) is 3.12. The maximum absolute atomic E-state index is 12.6. The molecule has 1 aliphatic heterocycles. The summed E-state index contributed by atoms with van der Waals surface area (Å²) < 4.78 is 40.3. The van der Waals surface area contributed by atoms with Crippen molar-refractivity contribution in [1.29, 1.82) is 0 Å². The quantitative estimate of drug-likeness (QED) is 0.811. The molecular formula is C18H25F3N2O2. The number of piperidine rings is 1. The lowest BCUT2D eigenvalue weighted by Crippen LogP contribution is -2.46. The molecule has 1 heterocycles. The number of hydrogen-bond donors (Lipinski definition) is 1. The number of carbonyl (C=O) groups is 1. The van der Waals surface area contributed by atoms with Gasteiger partial charge in [0.2, 0.25) is 5.91 Å². The number of rotatable bonds is 7. The molecule has 1 saturated heterocycles. The number of carbonyl (C=O) groups excluding carboxylic acids is 1. The fraction of sp³-hybridized carbons (Fsp3) is 0.611. The number of alkyl halides is 3. The Morgan fingerprint density at radius 3 is 2.44 bits per heavy atom. The van der Waals surface area contributed by atoms with E-state index in [9.17, 15) is 18.0 Å². The van der Waals surface area contributed by atoms with E-state index in [1.54, 1.807) is 12.1 Å². The summed E-state index contributed by atoms with van der Waals surface area (Å²) in [5.41, 5.74) is 0.824. The first-order valence-corrected chi connectivity index (χ1v) is 8.74. The highest BCUT2D eigenvalue weighted by Gasteiger charge is 2.31. The molecule has 1 aromatic rings. The van der Waals surface area contributed by atoms with Gasteiger partial charge in [-0.05, 0) is 56.5 Å². The van der Waals surface area contributed by atoms with Crippen LogP contribution in [0, 0.1) is 0 Å². The molecule has 1 aliphatic rings. The van der Waals surface area contributed by atoms with E-state index < -0.39 is 6.36 Å². The van der Waals surface area contributed by atoms with E-state index in [2.05, 4.69) is 17.0 Å². The summed E-state index contributed by atoms with van der Waals surface area (Å²) in [6.45, 7) is 4.67. The van der Waals surface area contributed by atoms with E-state index in [0.29, 0.717) is 12.8 Å². The summed E-state index contributed by atoms with van der Waals surface area (Å²) in [5, 5.41) is 3.30. The normalized spacial score (nSPS) is 15.8. The Morgan fingerprint density at radius 2 is 1.88 bits per heavy atom. The van der Waals surface area contributed by atoms with Crippen molar-refractivity contribution in [2.75, 3.05) is 19.6 Å². The second kappa shape index (κ2) is 9.08. The number of halogens is 3. The van der Waals surface area contributed by atoms with Gasteiger partial charge in [-0.3, -0.25) is 4.79 Å². The van der Waals surface area contributed by atoms with Crippen LogP contribution in [0.4, 0.5) is 13.2 Å². The third-order valence-corrected chi connectivity index (χ3v) is 4.32. The molecule has 1 amide bonds. The van der Waals surface area contributed by atoms with E-state index in [1.807, 2.05) is 4.90 Å². The summed E-state index contributed by atoms with van der Waals surface area (Å²) in [7, 11) is 0. The van der Waals surface area contributed by atoms with E-state index in [0.717, 1.165) is 44.5 Å². The molecule has 1 fully saturated rings. The molecular weight excluding hydrogens is 333 g/mol. The third kappa shape index (κ3) is 6.57. The number of amides is 1. The van der Waals surface area contributed by atoms with Gasteiger partial charge >= 0.3 is 6.36 Å². The minimum atomic E-state index is -4.69. The lowest BCUT2D eigenvalue weighted by atomic mass is 10.0. The minimum absolute atomic E-state index is 0.115. The number of aryl methyl sites for hydroxylation is 1. The molecule has 4 nitrogen and oxygen atoms in total. The highest BCUT2D eigenvalue weighted by atomic mass is 19.4. The van der Waals surface area contributed by atoms with Crippen molar-refractivity contribution in [1.82, 2.24) is 10.2 Å². The lowest BCUT2D eigenvalue weighted by molar-refractivity contribution is -0.274. The third-order valence-electron chi connectivity index (χ3n) is 4.32. The van der Waals surface area contributed by atoms with Gasteiger partial charge in [-0.25, -0.2) is 0 Å². The number of hydrogen-bond acceptors (Lipinski definition) is 3. The molecule has 1 N–H and O–H groups in total. The Bertz CT molecular complexity index is 540. The summed E-state index contributed by atoms with van der Waals surface area (Å²) in [6.07, 6.45) is -0.962. The predicted molar refractivity (Wildman–Crippen MR) is 89.3 cm³/mol. The largest absolute Gasteiger partial charge is 0.573 e. The standard InChI is InChI=1S/C18H25F3N2O2/c1-2-13-23(15-9-11-22-12-10-15)17(24)8-5-14-3-6-16(7-4-14)25-18(19,20)21/h3-4,6-7,15,22H,2,5,8-13H2,1H3. The number of nitrogens with zero attached hydrogens (tertiary/aromatic N) is 1. The van der Waals surface area contributed by atoms with E-state index >= 15 is 0 Å². The molecule has 1 aromatic carbocycles. The Morgan fingerprint density at radius 1 is 1.24 bits per heavy atom. The van der Waals surface area contributed by atoms with Crippen LogP contribution in [0.5, 0.6) is 5.75 Å². The zero-order chi connectivity index (χ0) is 18.3. The molecule has 7 heteroatoms. The van der Waals surface area contributed by atoms with Crippen molar-refractivity contribution < 1.29 is 22.7 Å². The first-order valence-electron chi connectivity index (χ1n) is 8.74. The van der Waals surface area contributed by atoms with Crippen LogP contribution in [-0.4, -0.2) is 42.8 Å². The van der Waals surface area contributed by atoms with Crippen LogP contribution >= 0.6 is 0 Å². The van der Waals surface area contributed by atoms with Crippen LogP contribution in [0.25, 0.3) is 0 Å². The monoisotopic (exact) mass is 358 g/mol. The van der Waals surface area contributed by atoms with Crippen molar-refractivity contribution in [2.24, 2.45) is 0 Å². The van der Waals surface area contributed by atoms with Crippen LogP contribution < -0.4 is 10.1 Å². The topological polar surface area (TPSA) is 41.6 Å². The molecule has 2 rings (SSSR count). The molecule has 0 spiro atoms. The van der Waals surface area contributed by atoms with Crippen molar-refractivity contribution in [3.05, 3.63) is 29.8 Å². The summed E-state index contributed by atoms with van der Waals surface area (Å²) >= 11 is 0. The van der Waals surface area contributed by atoms with Crippen LogP contribution in [-0.2, 0) is 11.2 Å². The second-order valence-corrected chi connectivity index (χ2v) is 6.26. The Balaban J connectivity index is 1.88. The summed E-state index contributed by atoms with van der Waals surface area (Å²) in [6, 6.07) is 6.00. The molecule has 0 saturated carbocycles. The summed E-state index contributed by atoms with van der Waals surface area (Å²) in [4.78, 5) is 14.6. The molecule has 0 aromatic heterocycles. The molecule has 0 unspecified atom stereocenters. The highest BCUT2D eigenvalue weighted by Crippen LogP contribution is 2.23. The van der Waals surface area contributed by atoms with Crippen LogP contribution in [0.1, 0.15) is 38.2 Å². The van der Waals surface area contributed by atoms with Gasteiger partial charge in [0.05, 0.1) is 0 Å². The SMILES string of the molecule is CCCN(C(=O)CCc1ccc(OC(F)(F)F)cc1)C1CCNCC1. The van der Waals surface area contributed by atoms with Gasteiger partial charge < -0.3 is 15.0 Å². The van der Waals surface area contributed by atoms with Crippen LogP contribution in [0.3, 0.4) is 0 Å².